The van der Waals surface area contributed by atoms with E-state index in [9.17, 15) is 8.78 Å². The van der Waals surface area contributed by atoms with Crippen LogP contribution in [-0.4, -0.2) is 0 Å². The predicted octanol–water partition coefficient (Wildman–Crippen LogP) is 4.27. The molecule has 0 saturated carbocycles. The summed E-state index contributed by atoms with van der Waals surface area (Å²) >= 11 is 3.21. The number of hydrogen-bond acceptors (Lipinski definition) is 1. The van der Waals surface area contributed by atoms with Crippen LogP contribution >= 0.6 is 15.9 Å². The van der Waals surface area contributed by atoms with Gasteiger partial charge in [-0.25, -0.2) is 8.78 Å². The van der Waals surface area contributed by atoms with Gasteiger partial charge in [0.2, 0.25) is 0 Å². The third kappa shape index (κ3) is 2.34. The molecule has 0 fully saturated rings. The van der Waals surface area contributed by atoms with Crippen LogP contribution in [0.15, 0.2) is 40.9 Å². The van der Waals surface area contributed by atoms with Gasteiger partial charge in [-0.15, -0.1) is 0 Å². The molecule has 0 aromatic heterocycles. The second kappa shape index (κ2) is 4.64. The van der Waals surface area contributed by atoms with Gasteiger partial charge in [0.1, 0.15) is 17.7 Å². The normalized spacial score (nSPS) is 10.0. The van der Waals surface area contributed by atoms with Crippen LogP contribution in [0.3, 0.4) is 0 Å². The Balaban J connectivity index is 2.58. The molecular weight excluding hydrogens is 288 g/mol. The summed E-state index contributed by atoms with van der Waals surface area (Å²) in [6, 6.07) is 10.00. The van der Waals surface area contributed by atoms with Gasteiger partial charge >= 0.3 is 0 Å². The molecule has 1 nitrogen and oxygen atoms in total. The summed E-state index contributed by atoms with van der Waals surface area (Å²) < 4.78 is 27.1. The lowest BCUT2D eigenvalue weighted by molar-refractivity contribution is 0.603. The highest BCUT2D eigenvalue weighted by molar-refractivity contribution is 9.10. The minimum Gasteiger partial charge on any atom is -0.207 e. The molecule has 0 saturated heterocycles. The van der Waals surface area contributed by atoms with E-state index in [2.05, 4.69) is 15.9 Å². The fourth-order valence-electron chi connectivity index (χ4n) is 1.49. The van der Waals surface area contributed by atoms with Crippen LogP contribution in [0, 0.1) is 23.0 Å². The Morgan fingerprint density at radius 2 is 1.82 bits per heavy atom. The number of rotatable bonds is 1. The third-order valence-corrected chi connectivity index (χ3v) is 2.99. The van der Waals surface area contributed by atoms with E-state index < -0.39 is 11.6 Å². The van der Waals surface area contributed by atoms with Gasteiger partial charge in [0.05, 0.1) is 5.56 Å². The monoisotopic (exact) mass is 293 g/mol. The van der Waals surface area contributed by atoms with E-state index >= 15 is 0 Å². The second-order valence-electron chi connectivity index (χ2n) is 3.43. The van der Waals surface area contributed by atoms with E-state index in [1.807, 2.05) is 6.07 Å². The van der Waals surface area contributed by atoms with Crippen molar-refractivity contribution < 1.29 is 8.78 Å². The van der Waals surface area contributed by atoms with E-state index in [0.29, 0.717) is 15.6 Å². The van der Waals surface area contributed by atoms with Crippen LogP contribution in [0.4, 0.5) is 8.78 Å². The molecule has 0 bridgehead atoms. The van der Waals surface area contributed by atoms with E-state index in [0.717, 1.165) is 18.2 Å². The minimum absolute atomic E-state index is 0.176. The van der Waals surface area contributed by atoms with Crippen molar-refractivity contribution in [3.8, 4) is 17.2 Å². The zero-order chi connectivity index (χ0) is 12.4. The number of nitrogens with zero attached hydrogens (tertiary/aromatic N) is 1. The predicted molar refractivity (Wildman–Crippen MR) is 64.2 cm³/mol. The molecule has 0 aliphatic heterocycles. The van der Waals surface area contributed by atoms with Gasteiger partial charge in [0.25, 0.3) is 0 Å². The van der Waals surface area contributed by atoms with Crippen LogP contribution < -0.4 is 0 Å². The first-order chi connectivity index (χ1) is 8.11. The Bertz CT molecular complexity index is 617. The highest BCUT2D eigenvalue weighted by Crippen LogP contribution is 2.28. The topological polar surface area (TPSA) is 23.8 Å². The summed E-state index contributed by atoms with van der Waals surface area (Å²) in [6.07, 6.45) is 0. The van der Waals surface area contributed by atoms with Crippen molar-refractivity contribution in [2.45, 2.75) is 0 Å². The molecule has 2 rings (SSSR count). The maximum absolute atomic E-state index is 13.5. The molecule has 0 heterocycles. The number of benzene rings is 2. The highest BCUT2D eigenvalue weighted by atomic mass is 79.9. The maximum atomic E-state index is 13.5. The summed E-state index contributed by atoms with van der Waals surface area (Å²) in [5.74, 6) is -0.995. The van der Waals surface area contributed by atoms with Gasteiger partial charge < -0.3 is 0 Å². The molecule has 2 aromatic carbocycles. The molecule has 0 aliphatic carbocycles. The maximum Gasteiger partial charge on any atom is 0.131 e. The first-order valence-corrected chi connectivity index (χ1v) is 5.56. The lowest BCUT2D eigenvalue weighted by Gasteiger charge is -2.05. The molecule has 4 heteroatoms. The van der Waals surface area contributed by atoms with E-state index in [-0.39, 0.29) is 5.56 Å². The van der Waals surface area contributed by atoms with Gasteiger partial charge in [0.15, 0.2) is 0 Å². The molecule has 84 valence electrons. The molecule has 0 atom stereocenters. The lowest BCUT2D eigenvalue weighted by atomic mass is 10.0. The van der Waals surface area contributed by atoms with E-state index in [4.69, 9.17) is 5.26 Å². The zero-order valence-corrected chi connectivity index (χ0v) is 10.1. The zero-order valence-electron chi connectivity index (χ0n) is 8.55. The quantitative estimate of drug-likeness (QED) is 0.770. The number of hydrogen-bond donors (Lipinski definition) is 0. The first-order valence-electron chi connectivity index (χ1n) is 4.77. The van der Waals surface area contributed by atoms with E-state index in [1.165, 1.54) is 0 Å². The Labute approximate surface area is 105 Å². The van der Waals surface area contributed by atoms with Crippen LogP contribution in [0.2, 0.25) is 0 Å². The average Bonchev–Trinajstić information content (AvgIpc) is 2.32. The molecule has 0 aliphatic rings. The molecule has 0 N–H and O–H groups in total. The fraction of sp³-hybridized carbons (Fsp3) is 0. The van der Waals surface area contributed by atoms with Crippen LogP contribution in [-0.2, 0) is 0 Å². The number of halogens is 3. The molecule has 0 unspecified atom stereocenters. The van der Waals surface area contributed by atoms with E-state index in [1.54, 1.807) is 18.2 Å². The SMILES string of the molecule is N#Cc1ccc(-c2cc(F)ccc2F)cc1Br. The molecular formula is C13H6BrF2N. The fourth-order valence-corrected chi connectivity index (χ4v) is 1.96. The van der Waals surface area contributed by atoms with Gasteiger partial charge in [-0.05, 0) is 51.8 Å². The molecule has 0 spiro atoms. The number of nitriles is 1. The van der Waals surface area contributed by atoms with Gasteiger partial charge in [-0.1, -0.05) is 6.07 Å². The van der Waals surface area contributed by atoms with Gasteiger partial charge in [-0.3, -0.25) is 0 Å². The molecule has 2 aromatic rings. The summed E-state index contributed by atoms with van der Waals surface area (Å²) in [5, 5.41) is 8.76. The van der Waals surface area contributed by atoms with Crippen LogP contribution in [0.25, 0.3) is 11.1 Å². The van der Waals surface area contributed by atoms with Crippen molar-refractivity contribution in [3.63, 3.8) is 0 Å². The van der Waals surface area contributed by atoms with Gasteiger partial charge in [0, 0.05) is 10.0 Å². The lowest BCUT2D eigenvalue weighted by Crippen LogP contribution is -1.87. The molecule has 17 heavy (non-hydrogen) atoms. The van der Waals surface area contributed by atoms with Crippen LogP contribution in [0.5, 0.6) is 0 Å². The van der Waals surface area contributed by atoms with Gasteiger partial charge in [-0.2, -0.15) is 5.26 Å². The Morgan fingerprint density at radius 3 is 2.47 bits per heavy atom. The average molecular weight is 294 g/mol. The summed E-state index contributed by atoms with van der Waals surface area (Å²) in [4.78, 5) is 0. The Hall–Kier alpha value is -1.73. The second-order valence-corrected chi connectivity index (χ2v) is 4.28. The molecule has 0 amide bonds. The largest absolute Gasteiger partial charge is 0.207 e. The standard InChI is InChI=1S/C13H6BrF2N/c14-12-5-8(1-2-9(12)7-17)11-6-10(15)3-4-13(11)16/h1-6H. The Kier molecular flexibility index (Phi) is 3.21. The van der Waals surface area contributed by atoms with Crippen molar-refractivity contribution in [3.05, 3.63) is 58.1 Å². The smallest absolute Gasteiger partial charge is 0.131 e. The van der Waals surface area contributed by atoms with Crippen molar-refractivity contribution in [2.75, 3.05) is 0 Å². The minimum atomic E-state index is -0.498. The third-order valence-electron chi connectivity index (χ3n) is 2.33. The van der Waals surface area contributed by atoms with Crippen molar-refractivity contribution >= 4 is 15.9 Å². The summed E-state index contributed by atoms with van der Waals surface area (Å²) in [5.41, 5.74) is 1.15. The van der Waals surface area contributed by atoms with Crippen LogP contribution in [0.1, 0.15) is 5.56 Å². The van der Waals surface area contributed by atoms with Crippen molar-refractivity contribution in [2.24, 2.45) is 0 Å². The van der Waals surface area contributed by atoms with Crippen molar-refractivity contribution in [1.82, 2.24) is 0 Å². The Morgan fingerprint density at radius 1 is 1.06 bits per heavy atom. The first kappa shape index (κ1) is 11.7. The highest BCUT2D eigenvalue weighted by Gasteiger charge is 2.08. The van der Waals surface area contributed by atoms with Crippen molar-refractivity contribution in [1.29, 1.82) is 5.26 Å². The summed E-state index contributed by atoms with van der Waals surface area (Å²) in [6.45, 7) is 0. The molecule has 0 radical (unpaired) electrons. The summed E-state index contributed by atoms with van der Waals surface area (Å²) in [7, 11) is 0.